The van der Waals surface area contributed by atoms with Gasteiger partial charge in [0.15, 0.2) is 12.2 Å². The number of nitrogens with zero attached hydrogens (tertiary/aromatic N) is 1. The van der Waals surface area contributed by atoms with Gasteiger partial charge in [-0.1, -0.05) is 55.8 Å². The summed E-state index contributed by atoms with van der Waals surface area (Å²) in [6.45, 7) is 7.71. The first kappa shape index (κ1) is 28.5. The molecule has 2 aromatic rings. The molecule has 0 spiro atoms. The maximum atomic E-state index is 13.5. The van der Waals surface area contributed by atoms with Crippen molar-refractivity contribution in [3.8, 4) is 0 Å². The van der Waals surface area contributed by atoms with E-state index in [9.17, 15) is 19.5 Å². The van der Waals surface area contributed by atoms with E-state index in [0.717, 1.165) is 12.0 Å². The van der Waals surface area contributed by atoms with Crippen LogP contribution in [-0.2, 0) is 19.0 Å². The summed E-state index contributed by atoms with van der Waals surface area (Å²) in [6, 6.07) is 11.8. The van der Waals surface area contributed by atoms with Crippen molar-refractivity contribution in [3.63, 3.8) is 0 Å². The number of aliphatic hydroxyl groups is 1. The van der Waals surface area contributed by atoms with Gasteiger partial charge >= 0.3 is 17.9 Å². The number of ether oxygens (including phenoxy) is 3. The number of benzene rings is 1. The molecule has 1 aromatic carbocycles. The van der Waals surface area contributed by atoms with Crippen molar-refractivity contribution in [3.05, 3.63) is 101 Å². The van der Waals surface area contributed by atoms with E-state index in [1.54, 1.807) is 61.7 Å². The number of cyclic esters (lactones) is 1. The molecule has 2 heterocycles. The third-order valence-corrected chi connectivity index (χ3v) is 9.42. The summed E-state index contributed by atoms with van der Waals surface area (Å²) in [4.78, 5) is 42.7. The molecule has 2 aliphatic carbocycles. The zero-order valence-electron chi connectivity index (χ0n) is 23.7. The molecule has 0 radical (unpaired) electrons. The molecule has 1 aromatic heterocycles. The molecule has 41 heavy (non-hydrogen) atoms. The van der Waals surface area contributed by atoms with Crippen LogP contribution in [0.4, 0.5) is 0 Å². The Kier molecular flexibility index (Phi) is 7.46. The van der Waals surface area contributed by atoms with E-state index in [2.05, 4.69) is 11.1 Å². The minimum Gasteiger partial charge on any atom is -0.458 e. The molecule has 8 nitrogen and oxygen atoms in total. The monoisotopic (exact) mass is 557 g/mol. The fourth-order valence-electron chi connectivity index (χ4n) is 6.71. The van der Waals surface area contributed by atoms with Gasteiger partial charge in [-0.2, -0.15) is 0 Å². The Hall–Kier alpha value is -4.04. The normalized spacial score (nSPS) is 32.9. The third kappa shape index (κ3) is 4.90. The second-order valence-corrected chi connectivity index (χ2v) is 11.6. The maximum Gasteiger partial charge on any atom is 0.340 e. The van der Waals surface area contributed by atoms with Gasteiger partial charge in [0.05, 0.1) is 11.1 Å². The largest absolute Gasteiger partial charge is 0.458 e. The predicted octanol–water partition coefficient (Wildman–Crippen LogP) is 5.01. The molecule has 0 amide bonds. The van der Waals surface area contributed by atoms with E-state index in [4.69, 9.17) is 14.2 Å². The van der Waals surface area contributed by atoms with Gasteiger partial charge in [-0.15, -0.1) is 0 Å². The highest BCUT2D eigenvalue weighted by Crippen LogP contribution is 2.63. The number of rotatable bonds is 6. The first-order valence-corrected chi connectivity index (χ1v) is 13.8. The van der Waals surface area contributed by atoms with E-state index in [0.29, 0.717) is 17.6 Å². The smallest absolute Gasteiger partial charge is 0.340 e. The number of carbonyl (C=O) groups is 3. The van der Waals surface area contributed by atoms with Crippen molar-refractivity contribution in [2.24, 2.45) is 16.7 Å². The number of aromatic nitrogens is 1. The van der Waals surface area contributed by atoms with Crippen LogP contribution in [0.2, 0.25) is 0 Å². The summed E-state index contributed by atoms with van der Waals surface area (Å²) >= 11 is 0. The van der Waals surface area contributed by atoms with Gasteiger partial charge in [0.25, 0.3) is 0 Å². The van der Waals surface area contributed by atoms with Gasteiger partial charge < -0.3 is 19.3 Å². The predicted molar refractivity (Wildman–Crippen MR) is 151 cm³/mol. The Labute approximate surface area is 239 Å². The number of fused-ring (bicyclic) bond motifs is 1. The van der Waals surface area contributed by atoms with Crippen molar-refractivity contribution in [2.45, 2.75) is 58.3 Å². The van der Waals surface area contributed by atoms with Gasteiger partial charge in [0.1, 0.15) is 12.2 Å². The van der Waals surface area contributed by atoms with Crippen LogP contribution in [0.25, 0.3) is 0 Å². The first-order valence-electron chi connectivity index (χ1n) is 13.8. The van der Waals surface area contributed by atoms with Crippen LogP contribution >= 0.6 is 0 Å². The molecule has 8 heteroatoms. The van der Waals surface area contributed by atoms with E-state index in [-0.39, 0.29) is 18.1 Å². The average molecular weight is 558 g/mol. The maximum absolute atomic E-state index is 13.5. The van der Waals surface area contributed by atoms with Crippen LogP contribution in [0, 0.1) is 16.7 Å². The van der Waals surface area contributed by atoms with Crippen molar-refractivity contribution < 1.29 is 33.7 Å². The Morgan fingerprint density at radius 3 is 2.37 bits per heavy atom. The number of carbonyl (C=O) groups excluding carboxylic acids is 3. The number of pyridine rings is 1. The van der Waals surface area contributed by atoms with Crippen molar-refractivity contribution >= 4 is 17.9 Å². The summed E-state index contributed by atoms with van der Waals surface area (Å²) in [5.74, 6) is -1.89. The van der Waals surface area contributed by atoms with Crippen molar-refractivity contribution in [1.29, 1.82) is 0 Å². The molecule has 6 atom stereocenters. The van der Waals surface area contributed by atoms with Gasteiger partial charge in [0.2, 0.25) is 0 Å². The molecule has 214 valence electrons. The van der Waals surface area contributed by atoms with Crippen LogP contribution < -0.4 is 0 Å². The van der Waals surface area contributed by atoms with Crippen molar-refractivity contribution in [1.82, 2.24) is 4.98 Å². The summed E-state index contributed by atoms with van der Waals surface area (Å²) in [7, 11) is 0. The molecular formula is C33H35NO7. The topological polar surface area (TPSA) is 112 Å². The van der Waals surface area contributed by atoms with Gasteiger partial charge in [-0.25, -0.2) is 14.4 Å². The highest BCUT2D eigenvalue weighted by molar-refractivity contribution is 5.90. The molecule has 1 aliphatic heterocycles. The van der Waals surface area contributed by atoms with Crippen LogP contribution in [0.3, 0.4) is 0 Å². The summed E-state index contributed by atoms with van der Waals surface area (Å²) in [5, 5.41) is 12.5. The van der Waals surface area contributed by atoms with Crippen LogP contribution in [0.5, 0.6) is 0 Å². The number of esters is 3. The minimum atomic E-state index is -1.69. The van der Waals surface area contributed by atoms with E-state index >= 15 is 0 Å². The molecular weight excluding hydrogens is 522 g/mol. The fraction of sp³-hybridized carbons (Fsp3) is 0.394. The molecule has 3 aliphatic rings. The van der Waals surface area contributed by atoms with Gasteiger partial charge in [0, 0.05) is 29.3 Å². The Balaban J connectivity index is 1.64. The second kappa shape index (κ2) is 10.7. The fourth-order valence-corrected chi connectivity index (χ4v) is 6.71. The highest BCUT2D eigenvalue weighted by Gasteiger charge is 2.69. The van der Waals surface area contributed by atoms with E-state index in [1.807, 2.05) is 26.8 Å². The Morgan fingerprint density at radius 1 is 1.02 bits per heavy atom. The molecule has 5 rings (SSSR count). The molecule has 1 N–H and O–H groups in total. The number of allylic oxidation sites excluding steroid dienone is 1. The SMILES string of the molecule is CC1=CCCC2[C@@]1(C)C(OC(=O)c1cccnc1)C(OC(=O)c1ccccc1)[C@](C)(O)[C@]2(C)C=CC1=CC(=O)OC1. The zero-order chi connectivity index (χ0) is 29.4. The van der Waals surface area contributed by atoms with Crippen LogP contribution in [-0.4, -0.2) is 52.4 Å². The summed E-state index contributed by atoms with van der Waals surface area (Å²) in [5.41, 5.74) is -1.25. The molecule has 1 saturated carbocycles. The molecule has 0 bridgehead atoms. The van der Waals surface area contributed by atoms with Crippen LogP contribution in [0.1, 0.15) is 61.3 Å². The lowest BCUT2D eigenvalue weighted by atomic mass is 9.44. The van der Waals surface area contributed by atoms with Crippen LogP contribution in [0.15, 0.2) is 90.3 Å². The second-order valence-electron chi connectivity index (χ2n) is 11.6. The summed E-state index contributed by atoms with van der Waals surface area (Å²) < 4.78 is 17.5. The van der Waals surface area contributed by atoms with Gasteiger partial charge in [-0.3, -0.25) is 4.98 Å². The standard InChI is InChI=1S/C33H35NO7/c1-21-10-8-14-25-31(2,16-15-22-18-26(35)39-20-22)33(4,38)28(41-29(36)23-11-6-5-7-12-23)27(32(21,25)3)40-30(37)24-13-9-17-34-19-24/h5-7,9-13,15-19,25,27-28,38H,8,14,20H2,1-4H3/t25?,27?,28?,31-,32+,33+/m1/s1. The number of hydrogen-bond acceptors (Lipinski definition) is 8. The molecule has 0 saturated heterocycles. The van der Waals surface area contributed by atoms with E-state index < -0.39 is 46.5 Å². The third-order valence-electron chi connectivity index (χ3n) is 9.42. The zero-order valence-corrected chi connectivity index (χ0v) is 23.7. The number of hydrogen-bond donors (Lipinski definition) is 1. The molecule has 1 fully saturated rings. The highest BCUT2D eigenvalue weighted by atomic mass is 16.6. The van der Waals surface area contributed by atoms with Crippen molar-refractivity contribution in [2.75, 3.05) is 6.61 Å². The Bertz CT molecular complexity index is 1430. The van der Waals surface area contributed by atoms with E-state index in [1.165, 1.54) is 12.3 Å². The lowest BCUT2D eigenvalue weighted by Gasteiger charge is -2.64. The minimum absolute atomic E-state index is 0.145. The average Bonchev–Trinajstić information content (AvgIpc) is 3.39. The summed E-state index contributed by atoms with van der Waals surface area (Å²) in [6.07, 6.45) is 9.42. The quantitative estimate of drug-likeness (QED) is 0.300. The molecule has 3 unspecified atom stereocenters. The Morgan fingerprint density at radius 2 is 1.71 bits per heavy atom. The van der Waals surface area contributed by atoms with Gasteiger partial charge in [-0.05, 0) is 62.4 Å². The first-order chi connectivity index (χ1) is 19.5. The lowest BCUT2D eigenvalue weighted by molar-refractivity contribution is -0.251. The lowest BCUT2D eigenvalue weighted by Crippen LogP contribution is -2.72.